The van der Waals surface area contributed by atoms with E-state index in [-0.39, 0.29) is 45.1 Å². The highest BCUT2D eigenvalue weighted by molar-refractivity contribution is 5.69. The molecule has 18 heavy (non-hydrogen) atoms. The fourth-order valence-corrected chi connectivity index (χ4v) is 2.30. The van der Waals surface area contributed by atoms with E-state index in [1.807, 2.05) is 0 Å². The van der Waals surface area contributed by atoms with Gasteiger partial charge in [0.25, 0.3) is 0 Å². The molecule has 0 spiro atoms. The van der Waals surface area contributed by atoms with Crippen LogP contribution >= 0.6 is 0 Å². The van der Waals surface area contributed by atoms with E-state index in [1.165, 1.54) is 0 Å². The minimum atomic E-state index is -4.18. The van der Waals surface area contributed by atoms with Gasteiger partial charge in [-0.2, -0.15) is 13.2 Å². The zero-order valence-corrected chi connectivity index (χ0v) is 10.4. The second kappa shape index (κ2) is 5.91. The summed E-state index contributed by atoms with van der Waals surface area (Å²) in [6, 6.07) is 0. The molecule has 0 saturated heterocycles. The van der Waals surface area contributed by atoms with E-state index >= 15 is 0 Å². The molecule has 0 unspecified atom stereocenters. The lowest BCUT2D eigenvalue weighted by atomic mass is 9.76. The second-order valence-corrected chi connectivity index (χ2v) is 4.85. The molecule has 3 nitrogen and oxygen atoms in total. The zero-order chi connectivity index (χ0) is 13.8. The van der Waals surface area contributed by atoms with Crippen LogP contribution in [0.4, 0.5) is 13.2 Å². The lowest BCUT2D eigenvalue weighted by Crippen LogP contribution is -2.38. The smallest absolute Gasteiger partial charge is 0.391 e. The summed E-state index contributed by atoms with van der Waals surface area (Å²) in [4.78, 5) is 11.1. The number of carbonyl (C=O) groups is 1. The molecule has 0 aromatic heterocycles. The molecule has 0 heterocycles. The first-order chi connectivity index (χ1) is 8.27. The molecule has 106 valence electrons. The summed E-state index contributed by atoms with van der Waals surface area (Å²) >= 11 is 0. The zero-order valence-electron chi connectivity index (χ0n) is 10.4. The maximum absolute atomic E-state index is 12.5. The summed E-state index contributed by atoms with van der Waals surface area (Å²) in [6.45, 7) is 1.95. The number of hydrogen-bond donors (Lipinski definition) is 1. The predicted octanol–water partition coefficient (Wildman–Crippen LogP) is 2.81. The molecule has 6 heteroatoms. The van der Waals surface area contributed by atoms with Crippen LogP contribution in [-0.4, -0.2) is 29.5 Å². The van der Waals surface area contributed by atoms with Crippen molar-refractivity contribution in [1.29, 1.82) is 0 Å². The second-order valence-electron chi connectivity index (χ2n) is 4.85. The summed E-state index contributed by atoms with van der Waals surface area (Å²) in [5.41, 5.74) is -1.14. The topological polar surface area (TPSA) is 46.5 Å². The molecule has 0 aromatic carbocycles. The first-order valence-electron chi connectivity index (χ1n) is 6.21. The third kappa shape index (κ3) is 4.48. The average molecular weight is 268 g/mol. The summed E-state index contributed by atoms with van der Waals surface area (Å²) in [7, 11) is 0. The third-order valence-corrected chi connectivity index (χ3v) is 3.48. The number of aliphatic hydroxyl groups is 1. The Balaban J connectivity index is 2.38. The molecule has 0 bridgehead atoms. The van der Waals surface area contributed by atoms with E-state index in [9.17, 15) is 23.1 Å². The molecule has 0 radical (unpaired) electrons. The van der Waals surface area contributed by atoms with Crippen molar-refractivity contribution in [3.05, 3.63) is 0 Å². The van der Waals surface area contributed by atoms with Crippen molar-refractivity contribution in [2.45, 2.75) is 57.2 Å². The molecular formula is C12H19F3O3. The van der Waals surface area contributed by atoms with Crippen LogP contribution in [0, 0.1) is 5.92 Å². The Morgan fingerprint density at radius 3 is 2.39 bits per heavy atom. The number of carbonyl (C=O) groups excluding carboxylic acids is 1. The minimum Gasteiger partial charge on any atom is -0.466 e. The van der Waals surface area contributed by atoms with Crippen molar-refractivity contribution in [3.63, 3.8) is 0 Å². The van der Waals surface area contributed by atoms with Crippen LogP contribution in [0.1, 0.15) is 45.4 Å². The molecule has 0 atom stereocenters. The van der Waals surface area contributed by atoms with E-state index in [4.69, 9.17) is 4.74 Å². The Hall–Kier alpha value is -0.780. The van der Waals surface area contributed by atoms with Crippen molar-refractivity contribution in [2.75, 3.05) is 6.61 Å². The Labute approximate surface area is 104 Å². The van der Waals surface area contributed by atoms with Crippen LogP contribution in [0.3, 0.4) is 0 Å². The number of halogens is 3. The van der Waals surface area contributed by atoms with Crippen LogP contribution in [0.5, 0.6) is 0 Å². The Morgan fingerprint density at radius 2 is 1.94 bits per heavy atom. The van der Waals surface area contributed by atoms with Crippen LogP contribution < -0.4 is 0 Å². The highest BCUT2D eigenvalue weighted by atomic mass is 19.4. The summed E-state index contributed by atoms with van der Waals surface area (Å²) in [5.74, 6) is -1.73. The number of alkyl halides is 3. The molecule has 1 saturated carbocycles. The van der Waals surface area contributed by atoms with Crippen molar-refractivity contribution in [1.82, 2.24) is 0 Å². The number of rotatable bonds is 4. The summed E-state index contributed by atoms with van der Waals surface area (Å²) < 4.78 is 42.1. The fourth-order valence-electron chi connectivity index (χ4n) is 2.30. The lowest BCUT2D eigenvalue weighted by Gasteiger charge is -2.36. The molecule has 1 fully saturated rings. The van der Waals surface area contributed by atoms with Gasteiger partial charge in [-0.3, -0.25) is 4.79 Å². The number of esters is 1. The number of ether oxygens (including phenoxy) is 1. The minimum absolute atomic E-state index is 0.0566. The van der Waals surface area contributed by atoms with Gasteiger partial charge in [0.1, 0.15) is 0 Å². The first-order valence-corrected chi connectivity index (χ1v) is 6.21. The van der Waals surface area contributed by atoms with Crippen molar-refractivity contribution >= 4 is 5.97 Å². The van der Waals surface area contributed by atoms with Crippen LogP contribution in [0.25, 0.3) is 0 Å². The van der Waals surface area contributed by atoms with Gasteiger partial charge in [-0.15, -0.1) is 0 Å². The highest BCUT2D eigenvalue weighted by Gasteiger charge is 2.45. The molecule has 1 N–H and O–H groups in total. The van der Waals surface area contributed by atoms with Crippen LogP contribution in [0.2, 0.25) is 0 Å². The van der Waals surface area contributed by atoms with E-state index in [0.29, 0.717) is 0 Å². The Bertz CT molecular complexity index is 281. The largest absolute Gasteiger partial charge is 0.466 e. The highest BCUT2D eigenvalue weighted by Crippen LogP contribution is 2.42. The first kappa shape index (κ1) is 15.3. The molecule has 1 aliphatic carbocycles. The van der Waals surface area contributed by atoms with E-state index in [1.54, 1.807) is 6.92 Å². The molecule has 1 aliphatic rings. The van der Waals surface area contributed by atoms with E-state index in [0.717, 1.165) is 0 Å². The van der Waals surface area contributed by atoms with Gasteiger partial charge in [-0.25, -0.2) is 0 Å². The Kier molecular flexibility index (Phi) is 5.01. The quantitative estimate of drug-likeness (QED) is 0.797. The van der Waals surface area contributed by atoms with Gasteiger partial charge in [0.05, 0.1) is 18.1 Å². The van der Waals surface area contributed by atoms with Crippen molar-refractivity contribution < 1.29 is 27.8 Å². The average Bonchev–Trinajstić information content (AvgIpc) is 2.26. The molecule has 0 aliphatic heterocycles. The maximum atomic E-state index is 12.5. The van der Waals surface area contributed by atoms with Gasteiger partial charge in [0.2, 0.25) is 0 Å². The monoisotopic (exact) mass is 268 g/mol. The molecule has 1 rings (SSSR count). The predicted molar refractivity (Wildman–Crippen MR) is 58.8 cm³/mol. The maximum Gasteiger partial charge on any atom is 0.391 e. The fraction of sp³-hybridized carbons (Fsp3) is 0.917. The van der Waals surface area contributed by atoms with Gasteiger partial charge in [-0.05, 0) is 39.0 Å². The molecule has 0 aromatic rings. The van der Waals surface area contributed by atoms with Gasteiger partial charge < -0.3 is 9.84 Å². The van der Waals surface area contributed by atoms with Gasteiger partial charge in [0.15, 0.2) is 0 Å². The SMILES string of the molecule is CCOC(=O)CCC1(O)CCC(C(F)(F)F)CC1. The van der Waals surface area contributed by atoms with E-state index < -0.39 is 23.7 Å². The molecular weight excluding hydrogens is 249 g/mol. The number of hydrogen-bond acceptors (Lipinski definition) is 3. The van der Waals surface area contributed by atoms with Gasteiger partial charge in [-0.1, -0.05) is 0 Å². The van der Waals surface area contributed by atoms with Gasteiger partial charge >= 0.3 is 12.1 Å². The lowest BCUT2D eigenvalue weighted by molar-refractivity contribution is -0.193. The third-order valence-electron chi connectivity index (χ3n) is 3.48. The van der Waals surface area contributed by atoms with E-state index in [2.05, 4.69) is 0 Å². The van der Waals surface area contributed by atoms with Crippen molar-refractivity contribution in [3.8, 4) is 0 Å². The van der Waals surface area contributed by atoms with Gasteiger partial charge in [0, 0.05) is 6.42 Å². The van der Waals surface area contributed by atoms with Crippen LogP contribution in [-0.2, 0) is 9.53 Å². The summed E-state index contributed by atoms with van der Waals surface area (Å²) in [5, 5.41) is 10.1. The van der Waals surface area contributed by atoms with Crippen LogP contribution in [0.15, 0.2) is 0 Å². The normalized spacial score (nSPS) is 29.1. The summed E-state index contributed by atoms with van der Waals surface area (Å²) in [6.07, 6.45) is -3.89. The van der Waals surface area contributed by atoms with Crippen molar-refractivity contribution in [2.24, 2.45) is 5.92 Å². The Morgan fingerprint density at radius 1 is 1.39 bits per heavy atom. The molecule has 0 amide bonds. The standard InChI is InChI=1S/C12H19F3O3/c1-2-18-10(16)5-8-11(17)6-3-9(4-7-11)12(13,14)15/h9,17H,2-8H2,1H3.